The van der Waals surface area contributed by atoms with Gasteiger partial charge in [-0.1, -0.05) is 364 Å². The van der Waals surface area contributed by atoms with Gasteiger partial charge in [0.2, 0.25) is 0 Å². The summed E-state index contributed by atoms with van der Waals surface area (Å²) >= 11 is 0. The average molecular weight is 1140 g/mol. The standard InChI is InChI=1S/C32H48.C27H44.5C4H10.C3H8/c1-9-12-30(29-19-16-25(3)17-20-29)28(6)23-26(4)14-10-13-24(2)18-21-31-27(5)15-11-22-32(31,7)8;1-19(2)12-23-10-11-25(27(16-23)13-20(3)4)18-26-17-24(14-21(26)5)15-22-8-6-7-9-22;5*1-3-4-2;1-3-2/h10,13-14,16-21,23,27-28,30-31H,9,11-12,15,22H2,1-8H3;10-11,16,19-22,24,26H,6-9,12-15,17-18H2,1-5H3;5*3-4H2,1-2H3;3H2,1-2H3/b14-10+,21-18+,24-13+,26-23+;;;;;;;. The van der Waals surface area contributed by atoms with E-state index in [1.54, 1.807) is 16.7 Å². The molecule has 478 valence electrons. The van der Waals surface area contributed by atoms with Crippen LogP contribution < -0.4 is 0 Å². The predicted octanol–water partition coefficient (Wildman–Crippen LogP) is 28.3. The number of rotatable bonds is 22. The van der Waals surface area contributed by atoms with Crippen LogP contribution in [0.25, 0.3) is 0 Å². The first kappa shape index (κ1) is 83.6. The lowest BCUT2D eigenvalue weighted by Gasteiger charge is -2.41. The first-order chi connectivity index (χ1) is 39.0. The highest BCUT2D eigenvalue weighted by Gasteiger charge is 2.35. The van der Waals surface area contributed by atoms with E-state index < -0.39 is 0 Å². The Hall–Kier alpha value is -2.60. The number of aryl methyl sites for hydroxylation is 1. The maximum Gasteiger partial charge on any atom is -0.0102 e. The van der Waals surface area contributed by atoms with Crippen molar-refractivity contribution in [1.29, 1.82) is 0 Å². The van der Waals surface area contributed by atoms with E-state index in [4.69, 9.17) is 0 Å². The fourth-order valence-corrected chi connectivity index (χ4v) is 11.6. The molecule has 0 radical (unpaired) electrons. The van der Waals surface area contributed by atoms with E-state index in [0.29, 0.717) is 23.2 Å². The number of unbranched alkanes of at least 4 members (excludes halogenated alkanes) is 5. The second kappa shape index (κ2) is 53.8. The molecule has 0 heteroatoms. The lowest BCUT2D eigenvalue weighted by atomic mass is 9.64. The Kier molecular flexibility index (Phi) is 54.9. The summed E-state index contributed by atoms with van der Waals surface area (Å²) in [5.41, 5.74) is 10.8. The van der Waals surface area contributed by atoms with Crippen LogP contribution in [-0.4, -0.2) is 0 Å². The van der Waals surface area contributed by atoms with Crippen molar-refractivity contribution in [3.8, 4) is 0 Å². The molecule has 0 aromatic heterocycles. The molecular weight excluding hydrogens is 985 g/mol. The summed E-state index contributed by atoms with van der Waals surface area (Å²) in [7, 11) is 0. The predicted molar refractivity (Wildman–Crippen MR) is 382 cm³/mol. The summed E-state index contributed by atoms with van der Waals surface area (Å²) in [6, 6.07) is 16.6. The van der Waals surface area contributed by atoms with E-state index in [2.05, 4.69) is 252 Å². The number of hydrogen-bond donors (Lipinski definition) is 0. The first-order valence-corrected chi connectivity index (χ1v) is 35.9. The molecule has 7 unspecified atom stereocenters. The van der Waals surface area contributed by atoms with Crippen molar-refractivity contribution in [1.82, 2.24) is 0 Å². The number of benzene rings is 2. The largest absolute Gasteiger partial charge is 0.0804 e. The maximum absolute atomic E-state index is 2.55. The van der Waals surface area contributed by atoms with Crippen LogP contribution in [-0.2, 0) is 19.3 Å². The lowest BCUT2D eigenvalue weighted by molar-refractivity contribution is 0.123. The molecule has 7 atom stereocenters. The molecule has 0 aliphatic heterocycles. The summed E-state index contributed by atoms with van der Waals surface area (Å²) in [6.45, 7) is 56.6. The van der Waals surface area contributed by atoms with Crippen LogP contribution in [0.5, 0.6) is 0 Å². The first-order valence-electron chi connectivity index (χ1n) is 35.9. The molecule has 0 heterocycles. The number of allylic oxidation sites excluding steroid dienone is 8. The Bertz CT molecular complexity index is 1780. The summed E-state index contributed by atoms with van der Waals surface area (Å²) < 4.78 is 0. The molecule has 5 rings (SSSR count). The van der Waals surface area contributed by atoms with E-state index >= 15 is 0 Å². The van der Waals surface area contributed by atoms with Gasteiger partial charge >= 0.3 is 0 Å². The molecule has 3 aliphatic carbocycles. The second-order valence-electron chi connectivity index (χ2n) is 27.8. The normalized spacial score (nSPS) is 20.3. The molecule has 3 saturated carbocycles. The molecule has 3 aliphatic rings. The second-order valence-corrected chi connectivity index (χ2v) is 27.8. The topological polar surface area (TPSA) is 0 Å². The Morgan fingerprint density at radius 1 is 0.561 bits per heavy atom. The Morgan fingerprint density at radius 3 is 1.54 bits per heavy atom. The maximum atomic E-state index is 2.55. The SMILES string of the molecule is CC(C)Cc1ccc(CC2CC(CC3CCCC3)CC2C)c(CC(C)C)c1.CCC.CCCC.CCCC.CCCC.CCCC.CCCC.CCCC(c1ccc(C)cc1)C(C)/C=C(C)/C=C/C=C(C)/C=C/C1C(C)CCCC1(C)C. The Morgan fingerprint density at radius 2 is 1.07 bits per heavy atom. The molecule has 0 spiro atoms. The van der Waals surface area contributed by atoms with Gasteiger partial charge in [0.25, 0.3) is 0 Å². The van der Waals surface area contributed by atoms with Crippen molar-refractivity contribution in [3.05, 3.63) is 118 Å². The zero-order chi connectivity index (χ0) is 62.9. The van der Waals surface area contributed by atoms with Gasteiger partial charge in [0.1, 0.15) is 0 Å². The molecule has 2 aromatic carbocycles. The zero-order valence-corrected chi connectivity index (χ0v) is 60.7. The van der Waals surface area contributed by atoms with Gasteiger partial charge in [-0.2, -0.15) is 0 Å². The highest BCUT2D eigenvalue weighted by Crippen LogP contribution is 2.45. The van der Waals surface area contributed by atoms with Crippen molar-refractivity contribution in [2.75, 3.05) is 0 Å². The van der Waals surface area contributed by atoms with Crippen LogP contribution in [0.15, 0.2) is 90.1 Å². The van der Waals surface area contributed by atoms with Crippen LogP contribution in [0.3, 0.4) is 0 Å². The zero-order valence-electron chi connectivity index (χ0n) is 60.7. The van der Waals surface area contributed by atoms with Crippen molar-refractivity contribution >= 4 is 0 Å². The lowest BCUT2D eigenvalue weighted by Crippen LogP contribution is -2.32. The van der Waals surface area contributed by atoms with Gasteiger partial charge in [-0.15, -0.1) is 0 Å². The van der Waals surface area contributed by atoms with E-state index in [1.165, 1.54) is 189 Å². The van der Waals surface area contributed by atoms with Crippen molar-refractivity contribution in [2.24, 2.45) is 58.7 Å². The van der Waals surface area contributed by atoms with E-state index in [0.717, 1.165) is 41.4 Å². The average Bonchev–Trinajstić information content (AvgIpc) is 4.16. The van der Waals surface area contributed by atoms with E-state index in [-0.39, 0.29) is 0 Å². The third-order valence-corrected chi connectivity index (χ3v) is 17.4. The third-order valence-electron chi connectivity index (χ3n) is 17.4. The van der Waals surface area contributed by atoms with Crippen molar-refractivity contribution < 1.29 is 0 Å². The molecule has 0 bridgehead atoms. The Balaban J connectivity index is -0.00000111. The summed E-state index contributed by atoms with van der Waals surface area (Å²) in [4.78, 5) is 0. The third kappa shape index (κ3) is 42.3. The molecule has 0 amide bonds. The molecule has 0 saturated heterocycles. The van der Waals surface area contributed by atoms with Crippen molar-refractivity contribution in [3.63, 3.8) is 0 Å². The van der Waals surface area contributed by atoms with Crippen LogP contribution in [0.2, 0.25) is 0 Å². The summed E-state index contributed by atoms with van der Waals surface area (Å²) in [5.74, 6) is 7.99. The Labute approximate surface area is 519 Å². The summed E-state index contributed by atoms with van der Waals surface area (Å²) in [5, 5.41) is 0. The molecule has 2 aromatic rings. The fourth-order valence-electron chi connectivity index (χ4n) is 11.6. The van der Waals surface area contributed by atoms with Crippen LogP contribution in [0, 0.1) is 65.6 Å². The van der Waals surface area contributed by atoms with Gasteiger partial charge in [0.15, 0.2) is 0 Å². The molecule has 0 nitrogen and oxygen atoms in total. The van der Waals surface area contributed by atoms with E-state index in [1.807, 2.05) is 0 Å². The van der Waals surface area contributed by atoms with Gasteiger partial charge < -0.3 is 0 Å². The highest BCUT2D eigenvalue weighted by atomic mass is 14.4. The van der Waals surface area contributed by atoms with Gasteiger partial charge in [-0.25, -0.2) is 0 Å². The monoisotopic (exact) mass is 1140 g/mol. The van der Waals surface area contributed by atoms with Crippen molar-refractivity contribution in [2.45, 2.75) is 346 Å². The molecule has 0 N–H and O–H groups in total. The minimum absolute atomic E-state index is 0.423. The molecular formula is C82H150. The van der Waals surface area contributed by atoms with Gasteiger partial charge in [-0.05, 0) is 159 Å². The minimum Gasteiger partial charge on any atom is -0.0804 e. The molecule has 3 fully saturated rings. The van der Waals surface area contributed by atoms with Gasteiger partial charge in [0.05, 0.1) is 0 Å². The van der Waals surface area contributed by atoms with Gasteiger partial charge in [0, 0.05) is 0 Å². The summed E-state index contributed by atoms with van der Waals surface area (Å²) in [6.07, 6.45) is 49.3. The van der Waals surface area contributed by atoms with Crippen LogP contribution in [0.1, 0.15) is 348 Å². The quantitative estimate of drug-likeness (QED) is 0.103. The van der Waals surface area contributed by atoms with Crippen LogP contribution in [0.4, 0.5) is 0 Å². The van der Waals surface area contributed by atoms with Crippen LogP contribution >= 0.6 is 0 Å². The molecule has 82 heavy (non-hydrogen) atoms. The smallest absolute Gasteiger partial charge is 0.0102 e. The van der Waals surface area contributed by atoms with Gasteiger partial charge in [-0.3, -0.25) is 0 Å². The minimum atomic E-state index is 0.423. The fraction of sp³-hybridized carbons (Fsp3) is 0.756. The number of hydrogen-bond acceptors (Lipinski definition) is 0. The highest BCUT2D eigenvalue weighted by molar-refractivity contribution is 5.34. The van der Waals surface area contributed by atoms with E-state index in [9.17, 15) is 0 Å².